The largest absolute Gasteiger partial charge is 0.468 e. The van der Waals surface area contributed by atoms with E-state index in [0.29, 0.717) is 0 Å². The van der Waals surface area contributed by atoms with Gasteiger partial charge >= 0.3 is 0 Å². The normalized spacial score (nSPS) is 9.89. The highest BCUT2D eigenvalue weighted by Crippen LogP contribution is 2.10. The average molecular weight is 141 g/mol. The Morgan fingerprint density at radius 3 is 3.11 bits per heavy atom. The molecule has 0 aliphatic heterocycles. The Hall–Kier alpha value is -0.370. The van der Waals surface area contributed by atoms with Crippen LogP contribution in [0.2, 0.25) is 0 Å². The predicted octanol–water partition coefficient (Wildman–Crippen LogP) is 2.35. The first-order valence-corrected chi connectivity index (χ1v) is 3.98. The van der Waals surface area contributed by atoms with Gasteiger partial charge in [0, 0.05) is 0 Å². The van der Waals surface area contributed by atoms with E-state index in [0.717, 1.165) is 17.3 Å². The lowest BCUT2D eigenvalue weighted by molar-refractivity contribution is 0.530. The molecule has 1 aromatic rings. The first kappa shape index (κ1) is 6.75. The standard InChI is InChI=1S/C7H9OS/c1-2-9-6-7-4-3-5-8-7/h3-5H,1-2,6H2. The third-order valence-corrected chi connectivity index (χ3v) is 1.75. The summed E-state index contributed by atoms with van der Waals surface area (Å²) < 4.78 is 5.09. The Bertz CT molecular complexity index is 146. The first-order chi connectivity index (χ1) is 4.43. The number of hydrogen-bond donors (Lipinski definition) is 0. The van der Waals surface area contributed by atoms with Gasteiger partial charge in [-0.3, -0.25) is 0 Å². The highest BCUT2D eigenvalue weighted by Gasteiger charge is 1.91. The van der Waals surface area contributed by atoms with E-state index in [9.17, 15) is 0 Å². The van der Waals surface area contributed by atoms with Crippen molar-refractivity contribution in [2.45, 2.75) is 5.75 Å². The van der Waals surface area contributed by atoms with Crippen LogP contribution in [0.1, 0.15) is 5.76 Å². The summed E-state index contributed by atoms with van der Waals surface area (Å²) in [4.78, 5) is 0. The van der Waals surface area contributed by atoms with Crippen LogP contribution in [-0.2, 0) is 5.75 Å². The van der Waals surface area contributed by atoms with Gasteiger partial charge in [0.15, 0.2) is 0 Å². The molecule has 0 aliphatic rings. The Morgan fingerprint density at radius 2 is 2.56 bits per heavy atom. The number of rotatable bonds is 3. The zero-order valence-corrected chi connectivity index (χ0v) is 5.99. The van der Waals surface area contributed by atoms with E-state index in [2.05, 4.69) is 6.92 Å². The van der Waals surface area contributed by atoms with Crippen LogP contribution in [0.5, 0.6) is 0 Å². The van der Waals surface area contributed by atoms with E-state index in [4.69, 9.17) is 4.42 Å². The van der Waals surface area contributed by atoms with E-state index in [-0.39, 0.29) is 0 Å². The highest BCUT2D eigenvalue weighted by molar-refractivity contribution is 7.98. The van der Waals surface area contributed by atoms with E-state index >= 15 is 0 Å². The van der Waals surface area contributed by atoms with Gasteiger partial charge < -0.3 is 4.42 Å². The van der Waals surface area contributed by atoms with E-state index in [1.807, 2.05) is 12.1 Å². The van der Waals surface area contributed by atoms with Crippen molar-refractivity contribution in [3.05, 3.63) is 31.1 Å². The number of furan rings is 1. The molecule has 0 aliphatic carbocycles. The summed E-state index contributed by atoms with van der Waals surface area (Å²) in [7, 11) is 0. The molecule has 0 N–H and O–H groups in total. The molecule has 49 valence electrons. The van der Waals surface area contributed by atoms with Gasteiger partial charge in [-0.25, -0.2) is 0 Å². The van der Waals surface area contributed by atoms with E-state index < -0.39 is 0 Å². The maximum absolute atomic E-state index is 5.09. The molecule has 0 bridgehead atoms. The molecule has 0 saturated carbocycles. The molecule has 0 aromatic carbocycles. The van der Waals surface area contributed by atoms with Gasteiger partial charge in [-0.2, -0.15) is 11.8 Å². The first-order valence-electron chi connectivity index (χ1n) is 2.83. The quantitative estimate of drug-likeness (QED) is 0.641. The molecule has 0 spiro atoms. The summed E-state index contributed by atoms with van der Waals surface area (Å²) in [5, 5.41) is 0. The molecule has 1 nitrogen and oxygen atoms in total. The Balaban J connectivity index is 2.30. The third-order valence-electron chi connectivity index (χ3n) is 0.969. The maximum Gasteiger partial charge on any atom is 0.113 e. The molecule has 2 heteroatoms. The third kappa shape index (κ3) is 2.14. The van der Waals surface area contributed by atoms with Crippen molar-refractivity contribution in [3.63, 3.8) is 0 Å². The fraction of sp³-hybridized carbons (Fsp3) is 0.286. The highest BCUT2D eigenvalue weighted by atomic mass is 32.2. The van der Waals surface area contributed by atoms with Crippen LogP contribution in [0, 0.1) is 6.92 Å². The van der Waals surface area contributed by atoms with Gasteiger partial charge in [-0.1, -0.05) is 0 Å². The van der Waals surface area contributed by atoms with Gasteiger partial charge in [0.2, 0.25) is 0 Å². The fourth-order valence-electron chi connectivity index (χ4n) is 0.567. The SMILES string of the molecule is [CH2]CSCc1ccco1. The van der Waals surface area contributed by atoms with Crippen molar-refractivity contribution < 1.29 is 4.42 Å². The van der Waals surface area contributed by atoms with E-state index in [1.54, 1.807) is 18.0 Å². The molecule has 0 fully saturated rings. The Kier molecular flexibility index (Phi) is 2.71. The molecule has 0 unspecified atom stereocenters. The summed E-state index contributed by atoms with van der Waals surface area (Å²) in [5.41, 5.74) is 0. The van der Waals surface area contributed by atoms with E-state index in [1.165, 1.54) is 0 Å². The topological polar surface area (TPSA) is 13.1 Å². The van der Waals surface area contributed by atoms with Crippen LogP contribution in [0.3, 0.4) is 0 Å². The minimum atomic E-state index is 0.903. The summed E-state index contributed by atoms with van der Waals surface area (Å²) in [5.74, 6) is 2.88. The molecule has 1 heterocycles. The molecule has 1 aromatic heterocycles. The lowest BCUT2D eigenvalue weighted by atomic mass is 10.5. The lowest BCUT2D eigenvalue weighted by Gasteiger charge is -1.90. The number of hydrogen-bond acceptors (Lipinski definition) is 2. The zero-order chi connectivity index (χ0) is 6.53. The molecule has 1 radical (unpaired) electrons. The van der Waals surface area contributed by atoms with Crippen molar-refractivity contribution >= 4 is 11.8 Å². The second kappa shape index (κ2) is 3.62. The van der Waals surface area contributed by atoms with Gasteiger partial charge in [0.1, 0.15) is 5.76 Å². The van der Waals surface area contributed by atoms with Crippen LogP contribution >= 0.6 is 11.8 Å². The molecule has 0 atom stereocenters. The molecule has 1 rings (SSSR count). The van der Waals surface area contributed by atoms with Crippen molar-refractivity contribution in [1.29, 1.82) is 0 Å². The zero-order valence-electron chi connectivity index (χ0n) is 5.17. The van der Waals surface area contributed by atoms with Gasteiger partial charge in [0.25, 0.3) is 0 Å². The summed E-state index contributed by atoms with van der Waals surface area (Å²) in [6, 6.07) is 3.88. The smallest absolute Gasteiger partial charge is 0.113 e. The van der Waals surface area contributed by atoms with Crippen LogP contribution in [0.4, 0.5) is 0 Å². The van der Waals surface area contributed by atoms with Crippen molar-refractivity contribution in [2.24, 2.45) is 0 Å². The predicted molar refractivity (Wildman–Crippen MR) is 40.2 cm³/mol. The van der Waals surface area contributed by atoms with Crippen LogP contribution in [-0.4, -0.2) is 5.75 Å². The Morgan fingerprint density at radius 1 is 1.67 bits per heavy atom. The summed E-state index contributed by atoms with van der Waals surface area (Å²) >= 11 is 1.76. The Labute approximate surface area is 59.4 Å². The molecule has 0 amide bonds. The van der Waals surface area contributed by atoms with Crippen molar-refractivity contribution in [3.8, 4) is 0 Å². The molecule has 0 saturated heterocycles. The molecule has 9 heavy (non-hydrogen) atoms. The minimum Gasteiger partial charge on any atom is -0.468 e. The fourth-order valence-corrected chi connectivity index (χ4v) is 1.08. The van der Waals surface area contributed by atoms with Crippen LogP contribution in [0.15, 0.2) is 22.8 Å². The molecular weight excluding hydrogens is 132 g/mol. The molecular formula is C7H9OS. The summed E-state index contributed by atoms with van der Waals surface area (Å²) in [6.45, 7) is 3.71. The van der Waals surface area contributed by atoms with Crippen LogP contribution < -0.4 is 0 Å². The second-order valence-corrected chi connectivity index (χ2v) is 2.74. The van der Waals surface area contributed by atoms with Crippen molar-refractivity contribution in [1.82, 2.24) is 0 Å². The lowest BCUT2D eigenvalue weighted by Crippen LogP contribution is -1.73. The second-order valence-electron chi connectivity index (χ2n) is 1.63. The average Bonchev–Trinajstić information content (AvgIpc) is 2.34. The minimum absolute atomic E-state index is 0.903. The maximum atomic E-state index is 5.09. The van der Waals surface area contributed by atoms with Gasteiger partial charge in [0.05, 0.1) is 12.0 Å². The number of thioether (sulfide) groups is 1. The summed E-state index contributed by atoms with van der Waals surface area (Å²) in [6.07, 6.45) is 1.69. The van der Waals surface area contributed by atoms with Crippen molar-refractivity contribution in [2.75, 3.05) is 5.75 Å². The van der Waals surface area contributed by atoms with Crippen LogP contribution in [0.25, 0.3) is 0 Å². The van der Waals surface area contributed by atoms with Gasteiger partial charge in [-0.15, -0.1) is 0 Å². The van der Waals surface area contributed by atoms with Gasteiger partial charge in [-0.05, 0) is 24.8 Å². The monoisotopic (exact) mass is 141 g/mol.